The minimum absolute atomic E-state index is 0.292. The molecule has 9 nitrogen and oxygen atoms in total. The molecule has 144 valence electrons. The third-order valence-electron chi connectivity index (χ3n) is 4.34. The summed E-state index contributed by atoms with van der Waals surface area (Å²) >= 11 is 0. The van der Waals surface area contributed by atoms with E-state index in [1.54, 1.807) is 42.9 Å². The van der Waals surface area contributed by atoms with Crippen LogP contribution in [-0.4, -0.2) is 51.9 Å². The summed E-state index contributed by atoms with van der Waals surface area (Å²) < 4.78 is 20.0. The van der Waals surface area contributed by atoms with Gasteiger partial charge in [-0.25, -0.2) is 14.2 Å². The lowest BCUT2D eigenvalue weighted by atomic mass is 10.1. The molecule has 3 N–H and O–H groups in total. The molecule has 10 heteroatoms. The highest BCUT2D eigenvalue weighted by atomic mass is 19.1. The molecular weight excluding hydrogens is 365 g/mol. The van der Waals surface area contributed by atoms with Gasteiger partial charge in [0, 0.05) is 30.5 Å². The van der Waals surface area contributed by atoms with Crippen molar-refractivity contribution in [3.05, 3.63) is 54.7 Å². The van der Waals surface area contributed by atoms with Crippen LogP contribution < -0.4 is 16.0 Å². The molecule has 4 rings (SSSR count). The SMILES string of the molecule is NCNCC1CN(c2ccc(-c3ccc(-n4nccn4)nc3)c(F)c2)C(=O)O1. The van der Waals surface area contributed by atoms with Crippen LogP contribution in [0.5, 0.6) is 0 Å². The van der Waals surface area contributed by atoms with Crippen molar-refractivity contribution in [1.82, 2.24) is 25.3 Å². The summed E-state index contributed by atoms with van der Waals surface area (Å²) in [5.41, 5.74) is 6.81. The number of amides is 1. The van der Waals surface area contributed by atoms with Crippen molar-refractivity contribution in [3.8, 4) is 16.9 Å². The predicted molar refractivity (Wildman–Crippen MR) is 99.2 cm³/mol. The van der Waals surface area contributed by atoms with E-state index in [1.165, 1.54) is 15.8 Å². The van der Waals surface area contributed by atoms with Crippen LogP contribution >= 0.6 is 0 Å². The molecule has 0 radical (unpaired) electrons. The van der Waals surface area contributed by atoms with Gasteiger partial charge < -0.3 is 15.8 Å². The molecule has 0 bridgehead atoms. The standard InChI is InChI=1S/C18H18FN7O2/c19-16-7-13(25-10-14(9-21-11-20)28-18(25)27)2-3-15(16)12-1-4-17(22-8-12)26-23-5-6-24-26/h1-8,14,21H,9-11,20H2. The number of nitrogens with one attached hydrogen (secondary N) is 1. The number of halogens is 1. The number of carbonyl (C=O) groups is 1. The van der Waals surface area contributed by atoms with Gasteiger partial charge in [-0.1, -0.05) is 0 Å². The zero-order chi connectivity index (χ0) is 19.5. The number of nitrogens with two attached hydrogens (primary N) is 1. The summed E-state index contributed by atoms with van der Waals surface area (Å²) in [4.78, 5) is 19.1. The highest BCUT2D eigenvalue weighted by molar-refractivity contribution is 5.90. The zero-order valence-corrected chi connectivity index (χ0v) is 14.8. The number of carbonyl (C=O) groups excluding carboxylic acids is 1. The number of hydrogen-bond donors (Lipinski definition) is 2. The summed E-state index contributed by atoms with van der Waals surface area (Å²) in [6.45, 7) is 1.07. The van der Waals surface area contributed by atoms with Crippen LogP contribution in [0.2, 0.25) is 0 Å². The first-order valence-corrected chi connectivity index (χ1v) is 8.67. The van der Waals surface area contributed by atoms with Gasteiger partial charge >= 0.3 is 6.09 Å². The van der Waals surface area contributed by atoms with Gasteiger partial charge in [-0.3, -0.25) is 4.90 Å². The first-order valence-electron chi connectivity index (χ1n) is 8.67. The molecule has 1 aromatic carbocycles. The third-order valence-corrected chi connectivity index (χ3v) is 4.34. The Hall–Kier alpha value is -3.37. The van der Waals surface area contributed by atoms with Gasteiger partial charge in [0.1, 0.15) is 11.9 Å². The Morgan fingerprint density at radius 3 is 2.75 bits per heavy atom. The van der Waals surface area contributed by atoms with Crippen LogP contribution in [0.25, 0.3) is 16.9 Å². The van der Waals surface area contributed by atoms with Crippen LogP contribution in [0.4, 0.5) is 14.9 Å². The molecular formula is C18H18FN7O2. The second kappa shape index (κ2) is 7.71. The van der Waals surface area contributed by atoms with Crippen LogP contribution in [0.15, 0.2) is 48.9 Å². The number of ether oxygens (including phenoxy) is 1. The maximum Gasteiger partial charge on any atom is 0.414 e. The Morgan fingerprint density at radius 1 is 1.25 bits per heavy atom. The highest BCUT2D eigenvalue weighted by Gasteiger charge is 2.32. The molecule has 1 amide bonds. The number of anilines is 1. The Labute approximate surface area is 159 Å². The zero-order valence-electron chi connectivity index (χ0n) is 14.8. The first-order chi connectivity index (χ1) is 13.7. The van der Waals surface area contributed by atoms with E-state index in [2.05, 4.69) is 20.5 Å². The Morgan fingerprint density at radius 2 is 2.07 bits per heavy atom. The van der Waals surface area contributed by atoms with E-state index < -0.39 is 11.9 Å². The Bertz CT molecular complexity index is 963. The molecule has 1 aliphatic rings. The van der Waals surface area contributed by atoms with Gasteiger partial charge in [-0.05, 0) is 30.3 Å². The minimum atomic E-state index is -0.506. The van der Waals surface area contributed by atoms with Gasteiger partial charge in [-0.2, -0.15) is 10.2 Å². The van der Waals surface area contributed by atoms with Crippen molar-refractivity contribution in [3.63, 3.8) is 0 Å². The van der Waals surface area contributed by atoms with Gasteiger partial charge in [-0.15, -0.1) is 4.80 Å². The van der Waals surface area contributed by atoms with Crippen LogP contribution in [0.3, 0.4) is 0 Å². The maximum atomic E-state index is 14.7. The lowest BCUT2D eigenvalue weighted by Gasteiger charge is -2.14. The number of aromatic nitrogens is 4. The van der Waals surface area contributed by atoms with E-state index in [1.807, 2.05) is 0 Å². The fourth-order valence-electron chi connectivity index (χ4n) is 2.99. The Kier molecular flexibility index (Phi) is 4.96. The van der Waals surface area contributed by atoms with Crippen molar-refractivity contribution in [2.24, 2.45) is 5.73 Å². The van der Waals surface area contributed by atoms with Gasteiger partial charge in [0.15, 0.2) is 5.82 Å². The van der Waals surface area contributed by atoms with Crippen molar-refractivity contribution in [2.45, 2.75) is 6.10 Å². The lowest BCUT2D eigenvalue weighted by molar-refractivity contribution is 0.140. The van der Waals surface area contributed by atoms with E-state index in [9.17, 15) is 9.18 Å². The normalized spacial score (nSPS) is 16.4. The number of cyclic esters (lactones) is 1. The highest BCUT2D eigenvalue weighted by Crippen LogP contribution is 2.29. The molecule has 0 saturated carbocycles. The van der Waals surface area contributed by atoms with Gasteiger partial charge in [0.05, 0.1) is 24.6 Å². The van der Waals surface area contributed by atoms with Crippen molar-refractivity contribution in [2.75, 3.05) is 24.7 Å². The lowest BCUT2D eigenvalue weighted by Crippen LogP contribution is -2.33. The molecule has 2 aromatic heterocycles. The second-order valence-corrected chi connectivity index (χ2v) is 6.16. The molecule has 1 aliphatic heterocycles. The summed E-state index contributed by atoms with van der Waals surface area (Å²) in [6, 6.07) is 8.06. The molecule has 3 heterocycles. The Balaban J connectivity index is 1.53. The average Bonchev–Trinajstić information content (AvgIpc) is 3.36. The topological polar surface area (TPSA) is 111 Å². The fourth-order valence-corrected chi connectivity index (χ4v) is 2.99. The molecule has 0 spiro atoms. The molecule has 1 unspecified atom stereocenters. The van der Waals surface area contributed by atoms with E-state index in [0.29, 0.717) is 42.4 Å². The van der Waals surface area contributed by atoms with E-state index in [-0.39, 0.29) is 6.10 Å². The molecule has 1 saturated heterocycles. The summed E-state index contributed by atoms with van der Waals surface area (Å²) in [5, 5.41) is 10.9. The summed E-state index contributed by atoms with van der Waals surface area (Å²) in [5.74, 6) is 0.0725. The molecule has 1 atom stereocenters. The number of nitrogens with zero attached hydrogens (tertiary/aromatic N) is 5. The third kappa shape index (κ3) is 3.55. The minimum Gasteiger partial charge on any atom is -0.443 e. The molecule has 0 aliphatic carbocycles. The molecule has 3 aromatic rings. The van der Waals surface area contributed by atoms with Crippen LogP contribution in [-0.2, 0) is 4.74 Å². The first kappa shape index (κ1) is 18.0. The monoisotopic (exact) mass is 383 g/mol. The van der Waals surface area contributed by atoms with Crippen molar-refractivity contribution >= 4 is 11.8 Å². The van der Waals surface area contributed by atoms with Crippen LogP contribution in [0.1, 0.15) is 0 Å². The quantitative estimate of drug-likeness (QED) is 0.617. The van der Waals surface area contributed by atoms with E-state index in [4.69, 9.17) is 10.5 Å². The van der Waals surface area contributed by atoms with E-state index in [0.717, 1.165) is 0 Å². The predicted octanol–water partition coefficient (Wildman–Crippen LogP) is 1.30. The number of pyridine rings is 1. The van der Waals surface area contributed by atoms with Crippen molar-refractivity contribution < 1.29 is 13.9 Å². The molecule has 28 heavy (non-hydrogen) atoms. The van der Waals surface area contributed by atoms with E-state index >= 15 is 0 Å². The fraction of sp³-hybridized carbons (Fsp3) is 0.222. The van der Waals surface area contributed by atoms with Crippen LogP contribution in [0, 0.1) is 5.82 Å². The number of rotatable bonds is 6. The molecule has 1 fully saturated rings. The average molecular weight is 383 g/mol. The second-order valence-electron chi connectivity index (χ2n) is 6.16. The van der Waals surface area contributed by atoms with Gasteiger partial charge in [0.25, 0.3) is 0 Å². The summed E-state index contributed by atoms with van der Waals surface area (Å²) in [6.07, 6.45) is 3.82. The largest absolute Gasteiger partial charge is 0.443 e. The summed E-state index contributed by atoms with van der Waals surface area (Å²) in [7, 11) is 0. The number of hydrogen-bond acceptors (Lipinski definition) is 7. The smallest absolute Gasteiger partial charge is 0.414 e. The number of benzene rings is 1. The van der Waals surface area contributed by atoms with Gasteiger partial charge in [0.2, 0.25) is 0 Å². The van der Waals surface area contributed by atoms with Crippen molar-refractivity contribution in [1.29, 1.82) is 0 Å². The maximum absolute atomic E-state index is 14.7.